The molecule has 0 saturated carbocycles. The van der Waals surface area contributed by atoms with E-state index >= 15 is 0 Å². The Morgan fingerprint density at radius 1 is 1.06 bits per heavy atom. The number of carbonyl (C=O) groups excluding carboxylic acids is 3. The lowest BCUT2D eigenvalue weighted by Crippen LogP contribution is -2.39. The summed E-state index contributed by atoms with van der Waals surface area (Å²) in [7, 11) is 0. The highest BCUT2D eigenvalue weighted by atomic mass is 35.5. The summed E-state index contributed by atoms with van der Waals surface area (Å²) in [5, 5.41) is 6.29. The van der Waals surface area contributed by atoms with Gasteiger partial charge < -0.3 is 25.0 Å². The van der Waals surface area contributed by atoms with E-state index in [0.29, 0.717) is 35.2 Å². The third kappa shape index (κ3) is 7.43. The average Bonchev–Trinajstić information content (AvgIpc) is 3.29. The first-order valence-corrected chi connectivity index (χ1v) is 12.5. The van der Waals surface area contributed by atoms with E-state index in [4.69, 9.17) is 21.1 Å². The van der Waals surface area contributed by atoms with Gasteiger partial charge in [-0.05, 0) is 61.5 Å². The molecule has 0 spiro atoms. The van der Waals surface area contributed by atoms with Gasteiger partial charge in [0.25, 0.3) is 5.91 Å². The lowest BCUT2D eigenvalue weighted by Gasteiger charge is -2.26. The lowest BCUT2D eigenvalue weighted by atomic mass is 10.1. The first-order valence-electron chi connectivity index (χ1n) is 12.1. The van der Waals surface area contributed by atoms with E-state index in [1.54, 1.807) is 53.4 Å². The minimum absolute atomic E-state index is 0.0838. The summed E-state index contributed by atoms with van der Waals surface area (Å²) in [6.07, 6.45) is 1.06. The van der Waals surface area contributed by atoms with Gasteiger partial charge in [-0.25, -0.2) is 0 Å². The molecule has 0 aliphatic carbocycles. The highest BCUT2D eigenvalue weighted by Gasteiger charge is 2.35. The summed E-state index contributed by atoms with van der Waals surface area (Å²) < 4.78 is 10.9. The number of nitrogens with one attached hydrogen (secondary N) is 2. The van der Waals surface area contributed by atoms with Crippen LogP contribution in [0.2, 0.25) is 5.02 Å². The predicted molar refractivity (Wildman–Crippen MR) is 137 cm³/mol. The van der Waals surface area contributed by atoms with Gasteiger partial charge in [-0.2, -0.15) is 0 Å². The fraction of sp³-hybridized carbons (Fsp3) is 0.423. The number of morpholine rings is 1. The Balaban J connectivity index is 1.19. The molecule has 2 aromatic rings. The third-order valence-corrected chi connectivity index (χ3v) is 6.45. The molecule has 192 valence electrons. The molecule has 1 atom stereocenters. The van der Waals surface area contributed by atoms with Crippen LogP contribution in [-0.2, 0) is 19.1 Å². The maximum absolute atomic E-state index is 12.6. The van der Waals surface area contributed by atoms with E-state index in [2.05, 4.69) is 15.5 Å². The van der Waals surface area contributed by atoms with E-state index in [9.17, 15) is 14.4 Å². The largest absolute Gasteiger partial charge is 0.484 e. The fourth-order valence-corrected chi connectivity index (χ4v) is 4.34. The second kappa shape index (κ2) is 12.7. The Morgan fingerprint density at radius 3 is 2.50 bits per heavy atom. The maximum atomic E-state index is 12.6. The summed E-state index contributed by atoms with van der Waals surface area (Å²) >= 11 is 5.85. The van der Waals surface area contributed by atoms with Crippen LogP contribution in [0.15, 0.2) is 48.5 Å². The Kier molecular flexibility index (Phi) is 9.16. The van der Waals surface area contributed by atoms with Gasteiger partial charge in [0.05, 0.1) is 19.1 Å². The second-order valence-electron chi connectivity index (χ2n) is 8.84. The molecule has 9 nitrogen and oxygen atoms in total. The Hall–Kier alpha value is -3.14. The van der Waals surface area contributed by atoms with Crippen molar-refractivity contribution < 1.29 is 23.9 Å². The molecule has 2 fully saturated rings. The van der Waals surface area contributed by atoms with Gasteiger partial charge in [0, 0.05) is 49.0 Å². The molecule has 2 aliphatic rings. The number of benzene rings is 2. The molecule has 2 aromatic carbocycles. The molecule has 0 bridgehead atoms. The van der Waals surface area contributed by atoms with Crippen LogP contribution < -0.4 is 20.3 Å². The van der Waals surface area contributed by atoms with E-state index in [-0.39, 0.29) is 36.7 Å². The van der Waals surface area contributed by atoms with Crippen molar-refractivity contribution in [3.05, 3.63) is 53.6 Å². The Morgan fingerprint density at radius 2 is 1.78 bits per heavy atom. The molecule has 0 aromatic heterocycles. The van der Waals surface area contributed by atoms with Crippen molar-refractivity contribution in [3.8, 4) is 5.75 Å². The van der Waals surface area contributed by atoms with Gasteiger partial charge in [-0.15, -0.1) is 0 Å². The molecule has 2 N–H and O–H groups in total. The third-order valence-electron chi connectivity index (χ3n) is 6.20. The van der Waals surface area contributed by atoms with Crippen LogP contribution >= 0.6 is 11.6 Å². The normalized spacial score (nSPS) is 18.2. The van der Waals surface area contributed by atoms with Crippen LogP contribution in [0.3, 0.4) is 0 Å². The number of rotatable bonds is 10. The molecule has 10 heteroatoms. The van der Waals surface area contributed by atoms with Crippen molar-refractivity contribution in [2.75, 3.05) is 62.8 Å². The summed E-state index contributed by atoms with van der Waals surface area (Å²) in [6, 6.07) is 13.7. The number of halogens is 1. The fourth-order valence-electron chi connectivity index (χ4n) is 4.22. The molecular formula is C26H31ClN4O5. The molecule has 2 aliphatic heterocycles. The van der Waals surface area contributed by atoms with Gasteiger partial charge in [-0.3, -0.25) is 19.3 Å². The molecule has 36 heavy (non-hydrogen) atoms. The van der Waals surface area contributed by atoms with Crippen molar-refractivity contribution in [2.45, 2.75) is 12.8 Å². The van der Waals surface area contributed by atoms with Crippen LogP contribution in [0.1, 0.15) is 12.8 Å². The Labute approximate surface area is 215 Å². The lowest BCUT2D eigenvalue weighted by molar-refractivity contribution is -0.126. The van der Waals surface area contributed by atoms with Crippen molar-refractivity contribution in [1.29, 1.82) is 0 Å². The first-order chi connectivity index (χ1) is 17.5. The zero-order valence-electron chi connectivity index (χ0n) is 20.1. The van der Waals surface area contributed by atoms with Crippen LogP contribution in [0.25, 0.3) is 0 Å². The van der Waals surface area contributed by atoms with Gasteiger partial charge in [0.2, 0.25) is 11.8 Å². The average molecular weight is 515 g/mol. The zero-order valence-corrected chi connectivity index (χ0v) is 20.8. The quantitative estimate of drug-likeness (QED) is 0.473. The summed E-state index contributed by atoms with van der Waals surface area (Å²) in [5.41, 5.74) is 1.33. The molecular weight excluding hydrogens is 484 g/mol. The number of hydrogen-bond donors (Lipinski definition) is 2. The number of anilines is 2. The number of hydrogen-bond acceptors (Lipinski definition) is 6. The number of carbonyl (C=O) groups is 3. The van der Waals surface area contributed by atoms with E-state index < -0.39 is 0 Å². The molecule has 0 radical (unpaired) electrons. The van der Waals surface area contributed by atoms with Crippen molar-refractivity contribution in [1.82, 2.24) is 10.2 Å². The second-order valence-corrected chi connectivity index (χ2v) is 9.28. The van der Waals surface area contributed by atoms with Crippen LogP contribution in [0.4, 0.5) is 11.4 Å². The minimum atomic E-state index is -0.367. The molecule has 2 saturated heterocycles. The van der Waals surface area contributed by atoms with Crippen LogP contribution in [-0.4, -0.2) is 75.2 Å². The molecule has 4 rings (SSSR count). The molecule has 2 heterocycles. The van der Waals surface area contributed by atoms with Gasteiger partial charge >= 0.3 is 0 Å². The first kappa shape index (κ1) is 25.9. The highest BCUT2D eigenvalue weighted by molar-refractivity contribution is 6.30. The van der Waals surface area contributed by atoms with E-state index in [1.165, 1.54) is 0 Å². The van der Waals surface area contributed by atoms with Crippen LogP contribution in [0.5, 0.6) is 5.75 Å². The summed E-state index contributed by atoms with van der Waals surface area (Å²) in [4.78, 5) is 41.2. The number of nitrogens with zero attached hydrogens (tertiary/aromatic N) is 2. The molecule has 3 amide bonds. The van der Waals surface area contributed by atoms with Gasteiger partial charge in [0.15, 0.2) is 6.61 Å². The van der Waals surface area contributed by atoms with Crippen LogP contribution in [0, 0.1) is 5.92 Å². The van der Waals surface area contributed by atoms with Gasteiger partial charge in [-0.1, -0.05) is 11.6 Å². The summed E-state index contributed by atoms with van der Waals surface area (Å²) in [5.74, 6) is -0.325. The monoisotopic (exact) mass is 514 g/mol. The van der Waals surface area contributed by atoms with E-state index in [1.807, 2.05) is 0 Å². The summed E-state index contributed by atoms with van der Waals surface area (Å²) in [6.45, 7) is 5.10. The number of ether oxygens (including phenoxy) is 2. The van der Waals surface area contributed by atoms with E-state index in [0.717, 1.165) is 39.3 Å². The highest BCUT2D eigenvalue weighted by Crippen LogP contribution is 2.27. The van der Waals surface area contributed by atoms with Crippen molar-refractivity contribution in [2.24, 2.45) is 5.92 Å². The van der Waals surface area contributed by atoms with Crippen molar-refractivity contribution >= 4 is 40.7 Å². The molecule has 0 unspecified atom stereocenters. The topological polar surface area (TPSA) is 100 Å². The maximum Gasteiger partial charge on any atom is 0.262 e. The minimum Gasteiger partial charge on any atom is -0.484 e. The van der Waals surface area contributed by atoms with Gasteiger partial charge in [0.1, 0.15) is 5.75 Å². The predicted octanol–water partition coefficient (Wildman–Crippen LogP) is 2.55. The smallest absolute Gasteiger partial charge is 0.262 e. The zero-order chi connectivity index (χ0) is 25.3. The standard InChI is InChI=1S/C26H31ClN4O5/c27-20-2-4-21(5-3-20)29-24(32)18-36-23-8-6-22(7-9-23)31-17-19(16-25(31)33)26(34)28-10-1-11-30-12-14-35-15-13-30/h2-9,19H,1,10-18H2,(H,28,34)(H,29,32)/t19-/m0/s1. The Bertz CT molecular complexity index is 1040. The SMILES string of the molecule is O=C(COc1ccc(N2C[C@@H](C(=O)NCCCN3CCOCC3)CC2=O)cc1)Nc1ccc(Cl)cc1. The number of amides is 3. The van der Waals surface area contributed by atoms with Crippen molar-refractivity contribution in [3.63, 3.8) is 0 Å².